The van der Waals surface area contributed by atoms with Crippen LogP contribution in [-0.4, -0.2) is 35.4 Å². The number of hydrogen-bond acceptors (Lipinski definition) is 3. The standard InChI is InChI=1S/C17H21N3O/c21-17(20-12-4-1-5-13-20)10-11-18-16-9-8-14-6-2-3-7-15(14)19-16/h2-3,6-9H,1,4-5,10-13H2,(H,18,19). The minimum atomic E-state index is 0.253. The van der Waals surface area contributed by atoms with E-state index in [0.29, 0.717) is 13.0 Å². The molecule has 4 heteroatoms. The molecule has 0 atom stereocenters. The highest BCUT2D eigenvalue weighted by Crippen LogP contribution is 2.15. The summed E-state index contributed by atoms with van der Waals surface area (Å²) in [6.07, 6.45) is 4.08. The SMILES string of the molecule is O=C(CCNc1ccc2ccccc2n1)N1CCCCC1. The van der Waals surface area contributed by atoms with Gasteiger partial charge in [0.25, 0.3) is 0 Å². The second-order valence-corrected chi connectivity index (χ2v) is 5.51. The topological polar surface area (TPSA) is 45.2 Å². The molecular formula is C17H21N3O. The summed E-state index contributed by atoms with van der Waals surface area (Å²) in [5.74, 6) is 1.09. The molecule has 1 aliphatic rings. The van der Waals surface area contributed by atoms with Crippen LogP contribution in [0.25, 0.3) is 10.9 Å². The number of nitrogens with one attached hydrogen (secondary N) is 1. The van der Waals surface area contributed by atoms with Gasteiger partial charge in [0, 0.05) is 31.4 Å². The third-order valence-electron chi connectivity index (χ3n) is 3.95. The van der Waals surface area contributed by atoms with Crippen LogP contribution in [0.5, 0.6) is 0 Å². The van der Waals surface area contributed by atoms with Crippen LogP contribution in [0, 0.1) is 0 Å². The Bertz CT molecular complexity index is 620. The lowest BCUT2D eigenvalue weighted by atomic mass is 10.1. The maximum absolute atomic E-state index is 12.1. The van der Waals surface area contributed by atoms with E-state index in [1.807, 2.05) is 35.2 Å². The molecule has 21 heavy (non-hydrogen) atoms. The number of rotatable bonds is 4. The molecule has 1 fully saturated rings. The van der Waals surface area contributed by atoms with Gasteiger partial charge in [-0.05, 0) is 37.5 Å². The number of carbonyl (C=O) groups is 1. The first-order chi connectivity index (χ1) is 10.3. The number of nitrogens with zero attached hydrogens (tertiary/aromatic N) is 2. The molecule has 0 saturated carbocycles. The van der Waals surface area contributed by atoms with Crippen molar-refractivity contribution in [2.45, 2.75) is 25.7 Å². The van der Waals surface area contributed by atoms with E-state index < -0.39 is 0 Å². The van der Waals surface area contributed by atoms with E-state index in [0.717, 1.165) is 42.7 Å². The van der Waals surface area contributed by atoms with E-state index >= 15 is 0 Å². The molecule has 1 N–H and O–H groups in total. The van der Waals surface area contributed by atoms with Crippen molar-refractivity contribution < 1.29 is 4.79 Å². The third-order valence-corrected chi connectivity index (χ3v) is 3.95. The van der Waals surface area contributed by atoms with Crippen molar-refractivity contribution in [3.8, 4) is 0 Å². The molecule has 1 amide bonds. The monoisotopic (exact) mass is 283 g/mol. The number of carbonyl (C=O) groups excluding carboxylic acids is 1. The fourth-order valence-electron chi connectivity index (χ4n) is 2.76. The van der Waals surface area contributed by atoms with Crippen LogP contribution in [0.4, 0.5) is 5.82 Å². The van der Waals surface area contributed by atoms with Crippen molar-refractivity contribution in [3.05, 3.63) is 36.4 Å². The Hall–Kier alpha value is -2.10. The molecule has 1 aromatic carbocycles. The lowest BCUT2D eigenvalue weighted by molar-refractivity contribution is -0.131. The Morgan fingerprint density at radius 1 is 1.10 bits per heavy atom. The van der Waals surface area contributed by atoms with Gasteiger partial charge in [0.05, 0.1) is 5.52 Å². The molecule has 1 saturated heterocycles. The molecule has 3 rings (SSSR count). The zero-order chi connectivity index (χ0) is 14.5. The summed E-state index contributed by atoms with van der Waals surface area (Å²) < 4.78 is 0. The summed E-state index contributed by atoms with van der Waals surface area (Å²) in [7, 11) is 0. The summed E-state index contributed by atoms with van der Waals surface area (Å²) in [5, 5.41) is 4.38. The predicted octanol–water partition coefficient (Wildman–Crippen LogP) is 3.05. The van der Waals surface area contributed by atoms with E-state index in [2.05, 4.69) is 16.4 Å². The fraction of sp³-hybridized carbons (Fsp3) is 0.412. The minimum Gasteiger partial charge on any atom is -0.370 e. The number of amides is 1. The highest BCUT2D eigenvalue weighted by Gasteiger charge is 2.15. The molecule has 2 heterocycles. The second kappa shape index (κ2) is 6.57. The van der Waals surface area contributed by atoms with Gasteiger partial charge in [-0.3, -0.25) is 4.79 Å². The minimum absolute atomic E-state index is 0.253. The van der Waals surface area contributed by atoms with Crippen molar-refractivity contribution in [3.63, 3.8) is 0 Å². The molecule has 4 nitrogen and oxygen atoms in total. The summed E-state index contributed by atoms with van der Waals surface area (Å²) in [4.78, 5) is 18.6. The van der Waals surface area contributed by atoms with Crippen molar-refractivity contribution in [1.82, 2.24) is 9.88 Å². The molecular weight excluding hydrogens is 262 g/mol. The van der Waals surface area contributed by atoms with Gasteiger partial charge in [-0.2, -0.15) is 0 Å². The normalized spacial score (nSPS) is 15.1. The summed E-state index contributed by atoms with van der Waals surface area (Å²) in [6.45, 7) is 2.49. The molecule has 0 aliphatic carbocycles. The Morgan fingerprint density at radius 2 is 1.90 bits per heavy atom. The second-order valence-electron chi connectivity index (χ2n) is 5.51. The van der Waals surface area contributed by atoms with Crippen LogP contribution in [0.1, 0.15) is 25.7 Å². The molecule has 1 aliphatic heterocycles. The van der Waals surface area contributed by atoms with Gasteiger partial charge in [-0.15, -0.1) is 0 Å². The molecule has 0 bridgehead atoms. The van der Waals surface area contributed by atoms with Crippen molar-refractivity contribution in [2.24, 2.45) is 0 Å². The number of anilines is 1. The highest BCUT2D eigenvalue weighted by atomic mass is 16.2. The quantitative estimate of drug-likeness (QED) is 0.938. The first-order valence-electron chi connectivity index (χ1n) is 7.70. The van der Waals surface area contributed by atoms with E-state index in [1.54, 1.807) is 0 Å². The molecule has 0 radical (unpaired) electrons. The van der Waals surface area contributed by atoms with Crippen LogP contribution in [0.2, 0.25) is 0 Å². The summed E-state index contributed by atoms with van der Waals surface area (Å²) >= 11 is 0. The average Bonchev–Trinajstić information content (AvgIpc) is 2.55. The van der Waals surface area contributed by atoms with Gasteiger partial charge in [-0.25, -0.2) is 4.98 Å². The van der Waals surface area contributed by atoms with E-state index in [-0.39, 0.29) is 5.91 Å². The van der Waals surface area contributed by atoms with E-state index in [1.165, 1.54) is 6.42 Å². The molecule has 2 aromatic rings. The van der Waals surface area contributed by atoms with Gasteiger partial charge in [0.2, 0.25) is 5.91 Å². The van der Waals surface area contributed by atoms with Crippen molar-refractivity contribution in [1.29, 1.82) is 0 Å². The predicted molar refractivity (Wildman–Crippen MR) is 85.3 cm³/mol. The number of fused-ring (bicyclic) bond motifs is 1. The fourth-order valence-corrected chi connectivity index (χ4v) is 2.76. The van der Waals surface area contributed by atoms with Crippen LogP contribution < -0.4 is 5.32 Å². The van der Waals surface area contributed by atoms with E-state index in [4.69, 9.17) is 0 Å². The van der Waals surface area contributed by atoms with Gasteiger partial charge < -0.3 is 10.2 Å². The number of aromatic nitrogens is 1. The first kappa shape index (κ1) is 13.9. The zero-order valence-electron chi connectivity index (χ0n) is 12.2. The number of para-hydroxylation sites is 1. The lowest BCUT2D eigenvalue weighted by Crippen LogP contribution is -2.36. The smallest absolute Gasteiger partial charge is 0.224 e. The van der Waals surface area contributed by atoms with Gasteiger partial charge >= 0.3 is 0 Å². The van der Waals surface area contributed by atoms with Gasteiger partial charge in [0.15, 0.2) is 0 Å². The van der Waals surface area contributed by atoms with Crippen molar-refractivity contribution >= 4 is 22.6 Å². The highest BCUT2D eigenvalue weighted by molar-refractivity contribution is 5.80. The lowest BCUT2D eigenvalue weighted by Gasteiger charge is -2.26. The Labute approximate surface area is 125 Å². The Morgan fingerprint density at radius 3 is 2.76 bits per heavy atom. The molecule has 0 unspecified atom stereocenters. The average molecular weight is 283 g/mol. The number of piperidine rings is 1. The largest absolute Gasteiger partial charge is 0.370 e. The van der Waals surface area contributed by atoms with Gasteiger partial charge in [-0.1, -0.05) is 18.2 Å². The van der Waals surface area contributed by atoms with Crippen LogP contribution in [0.15, 0.2) is 36.4 Å². The Kier molecular flexibility index (Phi) is 4.34. The van der Waals surface area contributed by atoms with Crippen LogP contribution >= 0.6 is 0 Å². The summed E-state index contributed by atoms with van der Waals surface area (Å²) in [6, 6.07) is 12.1. The summed E-state index contributed by atoms with van der Waals surface area (Å²) in [5.41, 5.74) is 0.977. The number of pyridine rings is 1. The first-order valence-corrected chi connectivity index (χ1v) is 7.70. The number of hydrogen-bond donors (Lipinski definition) is 1. The Balaban J connectivity index is 1.53. The van der Waals surface area contributed by atoms with Crippen LogP contribution in [-0.2, 0) is 4.79 Å². The maximum atomic E-state index is 12.1. The molecule has 110 valence electrons. The van der Waals surface area contributed by atoms with Crippen LogP contribution in [0.3, 0.4) is 0 Å². The molecule has 1 aromatic heterocycles. The zero-order valence-corrected chi connectivity index (χ0v) is 12.2. The third kappa shape index (κ3) is 3.51. The molecule has 0 spiro atoms. The van der Waals surface area contributed by atoms with Gasteiger partial charge in [0.1, 0.15) is 5.82 Å². The maximum Gasteiger partial charge on any atom is 0.224 e. The number of likely N-dealkylation sites (tertiary alicyclic amines) is 1. The van der Waals surface area contributed by atoms with Crippen molar-refractivity contribution in [2.75, 3.05) is 25.0 Å². The number of benzene rings is 1. The van der Waals surface area contributed by atoms with E-state index in [9.17, 15) is 4.79 Å².